The Hall–Kier alpha value is -1.20. The monoisotopic (exact) mass is 352 g/mol. The van der Waals surface area contributed by atoms with Crippen LogP contribution in [0.3, 0.4) is 0 Å². The maximum absolute atomic E-state index is 12.0. The lowest BCUT2D eigenvalue weighted by molar-refractivity contribution is -0.118. The van der Waals surface area contributed by atoms with Crippen LogP contribution in [0.4, 0.5) is 0 Å². The Labute approximate surface area is 142 Å². The first kappa shape index (κ1) is 18.1. The van der Waals surface area contributed by atoms with Crippen molar-refractivity contribution in [3.8, 4) is 0 Å². The molecule has 0 spiro atoms. The SMILES string of the molecule is CC(C)S(=O)(=O)CCCCCC(=O)Cc1ccc2sccc2c1. The van der Waals surface area contributed by atoms with Crippen LogP contribution in [0.5, 0.6) is 0 Å². The number of carbonyl (C=O) groups excluding carboxylic acids is 1. The summed E-state index contributed by atoms with van der Waals surface area (Å²) in [6, 6.07) is 8.24. The molecule has 0 aliphatic carbocycles. The van der Waals surface area contributed by atoms with E-state index in [1.54, 1.807) is 25.2 Å². The first-order valence-corrected chi connectivity index (χ1v) is 10.7. The van der Waals surface area contributed by atoms with E-state index in [9.17, 15) is 13.2 Å². The van der Waals surface area contributed by atoms with Crippen LogP contribution in [0.15, 0.2) is 29.6 Å². The third-order valence-electron chi connectivity index (χ3n) is 4.02. The molecule has 0 bridgehead atoms. The molecule has 0 N–H and O–H groups in total. The van der Waals surface area contributed by atoms with Crippen LogP contribution in [0.1, 0.15) is 45.1 Å². The highest BCUT2D eigenvalue weighted by atomic mass is 32.2. The number of fused-ring (bicyclic) bond motifs is 1. The van der Waals surface area contributed by atoms with Crippen LogP contribution in [0.2, 0.25) is 0 Å². The van der Waals surface area contributed by atoms with Crippen LogP contribution in [-0.4, -0.2) is 25.2 Å². The topological polar surface area (TPSA) is 51.2 Å². The summed E-state index contributed by atoms with van der Waals surface area (Å²) in [5, 5.41) is 2.94. The lowest BCUT2D eigenvalue weighted by Gasteiger charge is -2.07. The van der Waals surface area contributed by atoms with Gasteiger partial charge in [-0.15, -0.1) is 11.3 Å². The molecule has 0 saturated carbocycles. The van der Waals surface area contributed by atoms with Crippen molar-refractivity contribution in [3.05, 3.63) is 35.2 Å². The molecule has 0 saturated heterocycles. The zero-order valence-corrected chi connectivity index (χ0v) is 15.4. The minimum absolute atomic E-state index is 0.228. The first-order chi connectivity index (χ1) is 10.9. The number of Topliss-reactive ketones (excluding diaryl/α,β-unsaturated/α-hetero) is 1. The van der Waals surface area contributed by atoms with E-state index < -0.39 is 9.84 Å². The average molecular weight is 353 g/mol. The van der Waals surface area contributed by atoms with Crippen LogP contribution in [-0.2, 0) is 21.1 Å². The predicted octanol–water partition coefficient (Wildman–Crippen LogP) is 4.40. The molecular formula is C18H24O3S2. The summed E-state index contributed by atoms with van der Waals surface area (Å²) in [5.41, 5.74) is 1.06. The zero-order valence-electron chi connectivity index (χ0n) is 13.7. The van der Waals surface area contributed by atoms with Crippen molar-refractivity contribution in [1.29, 1.82) is 0 Å². The van der Waals surface area contributed by atoms with E-state index in [4.69, 9.17) is 0 Å². The van der Waals surface area contributed by atoms with Gasteiger partial charge in [-0.1, -0.05) is 12.5 Å². The molecule has 2 aromatic rings. The minimum Gasteiger partial charge on any atom is -0.299 e. The van der Waals surface area contributed by atoms with E-state index in [2.05, 4.69) is 23.6 Å². The number of hydrogen-bond acceptors (Lipinski definition) is 4. The quantitative estimate of drug-likeness (QED) is 0.629. The van der Waals surface area contributed by atoms with E-state index in [0.717, 1.165) is 18.4 Å². The summed E-state index contributed by atoms with van der Waals surface area (Å²) in [6.45, 7) is 3.42. The van der Waals surface area contributed by atoms with Crippen molar-refractivity contribution >= 4 is 37.0 Å². The Bertz CT molecular complexity index is 757. The summed E-state index contributed by atoms with van der Waals surface area (Å²) in [5.74, 6) is 0.458. The molecule has 0 aliphatic rings. The van der Waals surface area contributed by atoms with Gasteiger partial charge in [0.25, 0.3) is 0 Å². The van der Waals surface area contributed by atoms with Gasteiger partial charge >= 0.3 is 0 Å². The summed E-state index contributed by atoms with van der Waals surface area (Å²) >= 11 is 1.70. The number of carbonyl (C=O) groups is 1. The molecule has 5 heteroatoms. The van der Waals surface area contributed by atoms with E-state index in [-0.39, 0.29) is 16.8 Å². The number of sulfone groups is 1. The van der Waals surface area contributed by atoms with Gasteiger partial charge in [0.05, 0.1) is 11.0 Å². The second-order valence-electron chi connectivity index (χ2n) is 6.23. The van der Waals surface area contributed by atoms with Gasteiger partial charge in [0.15, 0.2) is 9.84 Å². The van der Waals surface area contributed by atoms with Crippen LogP contribution in [0.25, 0.3) is 10.1 Å². The van der Waals surface area contributed by atoms with Crippen molar-refractivity contribution in [1.82, 2.24) is 0 Å². The second-order valence-corrected chi connectivity index (χ2v) is 9.86. The normalized spacial score (nSPS) is 12.1. The summed E-state index contributed by atoms with van der Waals surface area (Å²) < 4.78 is 24.6. The van der Waals surface area contributed by atoms with Crippen molar-refractivity contribution < 1.29 is 13.2 Å². The van der Waals surface area contributed by atoms with Gasteiger partial charge in [0, 0.05) is 17.5 Å². The lowest BCUT2D eigenvalue weighted by atomic mass is 10.0. The fraction of sp³-hybridized carbons (Fsp3) is 0.500. The Morgan fingerprint density at radius 1 is 1.13 bits per heavy atom. The van der Waals surface area contributed by atoms with Crippen molar-refractivity contribution in [2.75, 3.05) is 5.75 Å². The van der Waals surface area contributed by atoms with Crippen molar-refractivity contribution in [2.45, 2.75) is 51.2 Å². The molecule has 126 valence electrons. The largest absolute Gasteiger partial charge is 0.299 e. The highest BCUT2D eigenvalue weighted by Gasteiger charge is 2.15. The van der Waals surface area contributed by atoms with Crippen LogP contribution in [0, 0.1) is 0 Å². The predicted molar refractivity (Wildman–Crippen MR) is 97.9 cm³/mol. The molecule has 0 unspecified atom stereocenters. The standard InChI is InChI=1S/C18H24O3S2/c1-14(2)23(20,21)11-5-3-4-6-17(19)13-15-7-8-18-16(12-15)9-10-22-18/h7-10,12,14H,3-6,11,13H2,1-2H3. The van der Waals surface area contributed by atoms with Crippen molar-refractivity contribution in [2.24, 2.45) is 0 Å². The highest BCUT2D eigenvalue weighted by molar-refractivity contribution is 7.91. The molecule has 1 heterocycles. The Morgan fingerprint density at radius 3 is 2.65 bits per heavy atom. The molecule has 1 aromatic heterocycles. The summed E-state index contributed by atoms with van der Waals surface area (Å²) in [7, 11) is -2.95. The van der Waals surface area contributed by atoms with E-state index in [0.29, 0.717) is 19.3 Å². The van der Waals surface area contributed by atoms with Gasteiger partial charge in [-0.2, -0.15) is 0 Å². The zero-order chi connectivity index (χ0) is 16.9. The number of rotatable bonds is 9. The van der Waals surface area contributed by atoms with Gasteiger partial charge in [0.1, 0.15) is 5.78 Å². The van der Waals surface area contributed by atoms with E-state index >= 15 is 0 Å². The Kier molecular flexibility index (Phi) is 6.36. The number of benzene rings is 1. The van der Waals surface area contributed by atoms with Crippen LogP contribution >= 0.6 is 11.3 Å². The summed E-state index contributed by atoms with van der Waals surface area (Å²) in [4.78, 5) is 12.0. The van der Waals surface area contributed by atoms with E-state index in [1.807, 2.05) is 6.07 Å². The summed E-state index contributed by atoms with van der Waals surface area (Å²) in [6.07, 6.45) is 3.21. The molecule has 0 amide bonds. The molecular weight excluding hydrogens is 328 g/mol. The maximum atomic E-state index is 12.0. The Morgan fingerprint density at radius 2 is 1.91 bits per heavy atom. The number of unbranched alkanes of at least 4 members (excludes halogenated alkanes) is 2. The second kappa shape index (κ2) is 8.06. The number of ketones is 1. The molecule has 1 aromatic carbocycles. The first-order valence-electron chi connectivity index (χ1n) is 8.08. The average Bonchev–Trinajstić information content (AvgIpc) is 2.94. The number of thiophene rings is 1. The third kappa shape index (κ3) is 5.43. The molecule has 23 heavy (non-hydrogen) atoms. The van der Waals surface area contributed by atoms with Gasteiger partial charge in [-0.3, -0.25) is 4.79 Å². The maximum Gasteiger partial charge on any atom is 0.152 e. The highest BCUT2D eigenvalue weighted by Crippen LogP contribution is 2.22. The van der Waals surface area contributed by atoms with Gasteiger partial charge in [-0.05, 0) is 61.2 Å². The molecule has 3 nitrogen and oxygen atoms in total. The fourth-order valence-electron chi connectivity index (χ4n) is 2.48. The smallest absolute Gasteiger partial charge is 0.152 e. The lowest BCUT2D eigenvalue weighted by Crippen LogP contribution is -2.17. The Balaban J connectivity index is 1.71. The molecule has 0 atom stereocenters. The van der Waals surface area contributed by atoms with Crippen molar-refractivity contribution in [3.63, 3.8) is 0 Å². The minimum atomic E-state index is -2.95. The van der Waals surface area contributed by atoms with Gasteiger partial charge in [0.2, 0.25) is 0 Å². The molecule has 0 aliphatic heterocycles. The van der Waals surface area contributed by atoms with Crippen LogP contribution < -0.4 is 0 Å². The fourth-order valence-corrected chi connectivity index (χ4v) is 4.33. The number of hydrogen-bond donors (Lipinski definition) is 0. The third-order valence-corrected chi connectivity index (χ3v) is 7.21. The molecule has 0 radical (unpaired) electrons. The van der Waals surface area contributed by atoms with E-state index in [1.165, 1.54) is 10.1 Å². The van der Waals surface area contributed by atoms with Gasteiger partial charge < -0.3 is 0 Å². The molecule has 0 fully saturated rings. The van der Waals surface area contributed by atoms with Gasteiger partial charge in [-0.25, -0.2) is 8.42 Å². The molecule has 2 rings (SSSR count).